The third-order valence-corrected chi connectivity index (χ3v) is 12.8. The fourth-order valence-electron chi connectivity index (χ4n) is 6.32. The van der Waals surface area contributed by atoms with Gasteiger partial charge in [0.1, 0.15) is 13.5 Å². The number of hydrogen-bond acceptors (Lipinski definition) is 7. The normalized spacial score (nSPS) is 15.0. The molecule has 1 aromatic heterocycles. The molecule has 0 unspecified atom stereocenters. The summed E-state index contributed by atoms with van der Waals surface area (Å²) in [7, 11) is -1.06. The quantitative estimate of drug-likeness (QED) is 0.0508. The number of nitrogens with zero attached hydrogens (tertiary/aromatic N) is 4. The lowest BCUT2D eigenvalue weighted by Gasteiger charge is -2.35. The van der Waals surface area contributed by atoms with Gasteiger partial charge in [0.25, 0.3) is 0 Å². The Labute approximate surface area is 289 Å². The van der Waals surface area contributed by atoms with Crippen LogP contribution in [0.4, 0.5) is 5.95 Å². The molecule has 0 spiro atoms. The number of fused-ring (bicyclic) bond motifs is 2. The van der Waals surface area contributed by atoms with Crippen molar-refractivity contribution >= 4 is 49.9 Å². The highest BCUT2D eigenvalue weighted by Crippen LogP contribution is 2.29. The Balaban J connectivity index is 1.35. The summed E-state index contributed by atoms with van der Waals surface area (Å²) in [5.41, 5.74) is 3.61. The molecule has 260 valence electrons. The second-order valence-corrected chi connectivity index (χ2v) is 27.1. The Morgan fingerprint density at radius 1 is 0.896 bits per heavy atom. The number of likely N-dealkylation sites (tertiary alicyclic amines) is 1. The lowest BCUT2D eigenvalue weighted by molar-refractivity contribution is 0.0601. The lowest BCUT2D eigenvalue weighted by atomic mass is 9.95. The van der Waals surface area contributed by atoms with E-state index in [1.807, 2.05) is 18.2 Å². The number of ether oxygens (including phenoxy) is 3. The molecule has 4 aromatic rings. The summed E-state index contributed by atoms with van der Waals surface area (Å²) in [6.45, 7) is 20.6. The summed E-state index contributed by atoms with van der Waals surface area (Å²) >= 11 is 0. The highest BCUT2D eigenvalue weighted by Gasteiger charge is 2.26. The summed E-state index contributed by atoms with van der Waals surface area (Å²) in [4.78, 5) is 22.5. The van der Waals surface area contributed by atoms with Crippen molar-refractivity contribution in [3.63, 3.8) is 0 Å². The van der Waals surface area contributed by atoms with Crippen LogP contribution >= 0.6 is 0 Å². The van der Waals surface area contributed by atoms with Crippen LogP contribution in [0.5, 0.6) is 0 Å². The minimum Gasteiger partial charge on any atom is -0.465 e. The van der Waals surface area contributed by atoms with Crippen LogP contribution in [0.15, 0.2) is 60.7 Å². The van der Waals surface area contributed by atoms with E-state index < -0.39 is 16.1 Å². The summed E-state index contributed by atoms with van der Waals surface area (Å²) < 4.78 is 19.9. The SMILES string of the molecule is COC(=O)c1ccc2c(c1)nc(N(COCC[Si](C)(C)C)CC1CCN(Cc3cccc4ccccc34)CC1)n2COCC[Si](C)(C)C. The van der Waals surface area contributed by atoms with Crippen LogP contribution in [0.2, 0.25) is 51.4 Å². The third-order valence-electron chi connectivity index (χ3n) is 9.35. The maximum absolute atomic E-state index is 12.4. The summed E-state index contributed by atoms with van der Waals surface area (Å²) in [5.74, 6) is 0.994. The number of imidazole rings is 1. The van der Waals surface area contributed by atoms with Gasteiger partial charge in [-0.3, -0.25) is 9.47 Å². The number of hydrogen-bond donors (Lipinski definition) is 0. The molecule has 0 radical (unpaired) electrons. The van der Waals surface area contributed by atoms with Crippen LogP contribution in [0.3, 0.4) is 0 Å². The number of aromatic nitrogens is 2. The number of anilines is 1. The van der Waals surface area contributed by atoms with E-state index in [0.29, 0.717) is 24.9 Å². The lowest BCUT2D eigenvalue weighted by Crippen LogP contribution is -2.40. The zero-order chi connectivity index (χ0) is 34.3. The van der Waals surface area contributed by atoms with Crippen molar-refractivity contribution in [3.8, 4) is 0 Å². The number of esters is 1. The van der Waals surface area contributed by atoms with Crippen LogP contribution in [0.1, 0.15) is 28.8 Å². The van der Waals surface area contributed by atoms with Gasteiger partial charge in [0.2, 0.25) is 5.95 Å². The summed E-state index contributed by atoms with van der Waals surface area (Å²) in [6, 6.07) is 23.2. The van der Waals surface area contributed by atoms with Gasteiger partial charge in [-0.25, -0.2) is 9.78 Å². The Morgan fingerprint density at radius 2 is 1.58 bits per heavy atom. The molecular weight excluding hydrogens is 633 g/mol. The van der Waals surface area contributed by atoms with E-state index in [0.717, 1.165) is 81.3 Å². The van der Waals surface area contributed by atoms with Gasteiger partial charge >= 0.3 is 5.97 Å². The standard InChI is InChI=1S/C38H56N4O4Si2/c1-44-37(43)32-15-16-36-35(25-32)39-38(42(36)29-46-22-24-48(5,6)7)41(28-45-21-23-47(2,3)4)26-30-17-19-40(20-18-30)27-33-13-10-12-31-11-8-9-14-34(31)33/h8-16,25,30H,17-24,26-29H2,1-7H3. The van der Waals surface area contributed by atoms with Gasteiger partial charge in [-0.2, -0.15) is 0 Å². The molecule has 5 rings (SSSR count). The van der Waals surface area contributed by atoms with E-state index in [4.69, 9.17) is 19.2 Å². The first-order valence-corrected chi connectivity index (χ1v) is 25.0. The van der Waals surface area contributed by atoms with Crippen LogP contribution in [-0.4, -0.2) is 83.3 Å². The van der Waals surface area contributed by atoms with E-state index in [9.17, 15) is 4.79 Å². The summed E-state index contributed by atoms with van der Waals surface area (Å²) in [5, 5.41) is 2.66. The molecule has 48 heavy (non-hydrogen) atoms. The van der Waals surface area contributed by atoms with Gasteiger partial charge in [0.15, 0.2) is 0 Å². The number of rotatable bonds is 16. The van der Waals surface area contributed by atoms with Crippen LogP contribution < -0.4 is 4.90 Å². The second kappa shape index (κ2) is 16.1. The Bertz CT molecular complexity index is 1650. The molecule has 8 nitrogen and oxygen atoms in total. The minimum absolute atomic E-state index is 0.360. The molecule has 0 atom stereocenters. The Morgan fingerprint density at radius 3 is 2.29 bits per heavy atom. The number of piperidine rings is 1. The van der Waals surface area contributed by atoms with Gasteiger partial charge in [-0.15, -0.1) is 0 Å². The fourth-order valence-corrected chi connectivity index (χ4v) is 7.83. The highest BCUT2D eigenvalue weighted by molar-refractivity contribution is 6.76. The monoisotopic (exact) mass is 688 g/mol. The van der Waals surface area contributed by atoms with Crippen molar-refractivity contribution in [2.45, 2.75) is 77.5 Å². The first kappa shape index (κ1) is 36.3. The molecule has 0 saturated carbocycles. The predicted octanol–water partition coefficient (Wildman–Crippen LogP) is 8.32. The molecule has 3 aromatic carbocycles. The number of methoxy groups -OCH3 is 1. The first-order chi connectivity index (χ1) is 22.9. The van der Waals surface area contributed by atoms with E-state index >= 15 is 0 Å². The second-order valence-electron chi connectivity index (χ2n) is 15.8. The van der Waals surface area contributed by atoms with E-state index in [-0.39, 0.29) is 5.97 Å². The minimum atomic E-state index is -1.24. The predicted molar refractivity (Wildman–Crippen MR) is 203 cm³/mol. The highest BCUT2D eigenvalue weighted by atomic mass is 28.3. The molecule has 0 amide bonds. The molecule has 1 aliphatic rings. The molecular formula is C38H56N4O4Si2. The van der Waals surface area contributed by atoms with E-state index in [1.165, 1.54) is 23.4 Å². The molecule has 2 heterocycles. The van der Waals surface area contributed by atoms with Crippen LogP contribution in [-0.2, 0) is 27.5 Å². The van der Waals surface area contributed by atoms with Gasteiger partial charge in [0, 0.05) is 42.5 Å². The van der Waals surface area contributed by atoms with Crippen molar-refractivity contribution < 1.29 is 19.0 Å². The van der Waals surface area contributed by atoms with Crippen LogP contribution in [0, 0.1) is 5.92 Å². The number of carbonyl (C=O) groups is 1. The Hall–Kier alpha value is -3.03. The maximum Gasteiger partial charge on any atom is 0.337 e. The number of benzene rings is 3. The first-order valence-electron chi connectivity index (χ1n) is 17.6. The summed E-state index contributed by atoms with van der Waals surface area (Å²) in [6.07, 6.45) is 2.24. The van der Waals surface area contributed by atoms with Crippen molar-refractivity contribution in [3.05, 3.63) is 71.8 Å². The van der Waals surface area contributed by atoms with E-state index in [1.54, 1.807) is 0 Å². The van der Waals surface area contributed by atoms with Gasteiger partial charge in [-0.05, 0) is 78.5 Å². The third kappa shape index (κ3) is 10.0. The smallest absolute Gasteiger partial charge is 0.337 e. The zero-order valence-electron chi connectivity index (χ0n) is 30.3. The Kier molecular flexibility index (Phi) is 12.2. The van der Waals surface area contributed by atoms with Crippen molar-refractivity contribution in [2.24, 2.45) is 5.92 Å². The van der Waals surface area contributed by atoms with Crippen molar-refractivity contribution in [1.82, 2.24) is 14.5 Å². The maximum atomic E-state index is 12.4. The molecule has 1 aliphatic heterocycles. The molecule has 0 aliphatic carbocycles. The van der Waals surface area contributed by atoms with Gasteiger partial charge in [0.05, 0.1) is 23.7 Å². The molecule has 1 fully saturated rings. The molecule has 0 N–H and O–H groups in total. The van der Waals surface area contributed by atoms with Gasteiger partial charge < -0.3 is 19.1 Å². The fraction of sp³-hybridized carbons (Fsp3) is 0.526. The largest absolute Gasteiger partial charge is 0.465 e. The molecule has 0 bridgehead atoms. The van der Waals surface area contributed by atoms with E-state index in [2.05, 4.69) is 96.1 Å². The van der Waals surface area contributed by atoms with Crippen molar-refractivity contribution in [2.75, 3.05) is 51.6 Å². The average molecular weight is 689 g/mol. The molecule has 1 saturated heterocycles. The zero-order valence-corrected chi connectivity index (χ0v) is 32.3. The van der Waals surface area contributed by atoms with Crippen LogP contribution in [0.25, 0.3) is 21.8 Å². The topological polar surface area (TPSA) is 69.1 Å². The average Bonchev–Trinajstić information content (AvgIpc) is 3.41. The van der Waals surface area contributed by atoms with Crippen molar-refractivity contribution in [1.29, 1.82) is 0 Å². The molecule has 10 heteroatoms. The number of carbonyl (C=O) groups excluding carboxylic acids is 1. The van der Waals surface area contributed by atoms with Gasteiger partial charge in [-0.1, -0.05) is 81.7 Å².